The van der Waals surface area contributed by atoms with E-state index in [1.165, 1.54) is 10.3 Å². The molecule has 140 valence electrons. The lowest BCUT2D eigenvalue weighted by Crippen LogP contribution is -2.49. The molecule has 2 aromatic carbocycles. The molecule has 0 bridgehead atoms. The zero-order chi connectivity index (χ0) is 18.6. The van der Waals surface area contributed by atoms with Crippen LogP contribution in [0, 0.1) is 0 Å². The zero-order valence-corrected chi connectivity index (χ0v) is 16.5. The molecule has 0 spiro atoms. The Morgan fingerprint density at radius 2 is 1.89 bits per heavy atom. The van der Waals surface area contributed by atoms with E-state index in [2.05, 4.69) is 58.2 Å². The van der Waals surface area contributed by atoms with Crippen LogP contribution in [-0.2, 0) is 11.2 Å². The van der Waals surface area contributed by atoms with E-state index in [0.29, 0.717) is 6.42 Å². The molecule has 3 aromatic rings. The number of carbonyl (C=O) groups is 1. The number of thiazole rings is 1. The Morgan fingerprint density at radius 1 is 1.11 bits per heavy atom. The summed E-state index contributed by atoms with van der Waals surface area (Å²) in [5.41, 5.74) is 2.29. The smallest absolute Gasteiger partial charge is 0.223 e. The van der Waals surface area contributed by atoms with Crippen molar-refractivity contribution in [2.24, 2.45) is 0 Å². The lowest BCUT2D eigenvalue weighted by Gasteiger charge is -2.40. The first-order chi connectivity index (χ1) is 13.2. The van der Waals surface area contributed by atoms with E-state index in [1.807, 2.05) is 18.2 Å². The Balaban J connectivity index is 1.38. The summed E-state index contributed by atoms with van der Waals surface area (Å²) < 4.78 is 1.22. The summed E-state index contributed by atoms with van der Waals surface area (Å²) >= 11 is 1.74. The second-order valence-electron chi connectivity index (χ2n) is 7.20. The van der Waals surface area contributed by atoms with Crippen molar-refractivity contribution in [3.63, 3.8) is 0 Å². The molecule has 4 nitrogen and oxygen atoms in total. The number of aromatic nitrogens is 1. The standard InChI is InChI=1S/C22H25N3OS/c1-24-14-15-25(19(16-24)17-8-3-2-4-9-17)22(26)13-7-12-21-23-18-10-5-6-11-20(18)27-21/h2-6,8-11,19H,7,12-16H2,1H3/t19-/m1/s1. The number of amides is 1. The average molecular weight is 380 g/mol. The molecule has 1 atom stereocenters. The van der Waals surface area contributed by atoms with Crippen molar-refractivity contribution in [1.29, 1.82) is 0 Å². The molecule has 1 aliphatic rings. The van der Waals surface area contributed by atoms with E-state index >= 15 is 0 Å². The highest BCUT2D eigenvalue weighted by Gasteiger charge is 2.29. The van der Waals surface area contributed by atoms with Crippen molar-refractivity contribution in [2.45, 2.75) is 25.3 Å². The summed E-state index contributed by atoms with van der Waals surface area (Å²) in [5.74, 6) is 0.262. The van der Waals surface area contributed by atoms with Crippen molar-refractivity contribution in [3.8, 4) is 0 Å². The fourth-order valence-electron chi connectivity index (χ4n) is 3.74. The number of hydrogen-bond acceptors (Lipinski definition) is 4. The summed E-state index contributed by atoms with van der Waals surface area (Å²) in [6, 6.07) is 18.8. The number of piperazine rings is 1. The lowest BCUT2D eigenvalue weighted by atomic mass is 10.0. The summed E-state index contributed by atoms with van der Waals surface area (Å²) in [6.45, 7) is 2.64. The van der Waals surface area contributed by atoms with Gasteiger partial charge in [0.1, 0.15) is 0 Å². The van der Waals surface area contributed by atoms with Crippen molar-refractivity contribution < 1.29 is 4.79 Å². The molecule has 0 N–H and O–H groups in total. The van der Waals surface area contributed by atoms with Crippen molar-refractivity contribution >= 4 is 27.5 Å². The first kappa shape index (κ1) is 18.1. The summed E-state index contributed by atoms with van der Waals surface area (Å²) in [4.78, 5) is 22.0. The SMILES string of the molecule is CN1CCN(C(=O)CCCc2nc3ccccc3s2)[C@@H](c2ccccc2)C1. The maximum atomic E-state index is 12.9. The van der Waals surface area contributed by atoms with Crippen LogP contribution in [0.15, 0.2) is 54.6 Å². The maximum absolute atomic E-state index is 12.9. The molecule has 5 heteroatoms. The Labute approximate surface area is 164 Å². The predicted octanol–water partition coefficient (Wildman–Crippen LogP) is 4.13. The quantitative estimate of drug-likeness (QED) is 0.669. The van der Waals surface area contributed by atoms with Gasteiger partial charge in [0.15, 0.2) is 0 Å². The van der Waals surface area contributed by atoms with Gasteiger partial charge in [-0.1, -0.05) is 42.5 Å². The van der Waals surface area contributed by atoms with E-state index in [-0.39, 0.29) is 11.9 Å². The van der Waals surface area contributed by atoms with Crippen molar-refractivity contribution in [2.75, 3.05) is 26.7 Å². The summed E-state index contributed by atoms with van der Waals surface area (Å²) in [5, 5.41) is 1.13. The molecule has 1 fully saturated rings. The van der Waals surface area contributed by atoms with Crippen LogP contribution in [0.25, 0.3) is 10.2 Å². The monoisotopic (exact) mass is 379 g/mol. The zero-order valence-electron chi connectivity index (χ0n) is 15.7. The highest BCUT2D eigenvalue weighted by molar-refractivity contribution is 7.18. The van der Waals surface area contributed by atoms with Crippen LogP contribution in [0.2, 0.25) is 0 Å². The lowest BCUT2D eigenvalue weighted by molar-refractivity contribution is -0.136. The summed E-state index contributed by atoms with van der Waals surface area (Å²) in [7, 11) is 2.13. The molecule has 1 aromatic heterocycles. The predicted molar refractivity (Wildman–Crippen MR) is 111 cm³/mol. The van der Waals surface area contributed by atoms with Crippen molar-refractivity contribution in [3.05, 3.63) is 65.2 Å². The maximum Gasteiger partial charge on any atom is 0.223 e. The number of fused-ring (bicyclic) bond motifs is 1. The molecule has 27 heavy (non-hydrogen) atoms. The molecule has 0 aliphatic carbocycles. The number of rotatable bonds is 5. The molecular weight excluding hydrogens is 354 g/mol. The number of aryl methyl sites for hydroxylation is 1. The van der Waals surface area contributed by atoms with Crippen LogP contribution in [0.1, 0.15) is 29.5 Å². The van der Waals surface area contributed by atoms with Crippen LogP contribution in [0.3, 0.4) is 0 Å². The van der Waals surface area contributed by atoms with Gasteiger partial charge < -0.3 is 9.80 Å². The van der Waals surface area contributed by atoms with Gasteiger partial charge in [-0.05, 0) is 37.6 Å². The highest BCUT2D eigenvalue weighted by Crippen LogP contribution is 2.27. The molecule has 1 aliphatic heterocycles. The number of carbonyl (C=O) groups excluding carboxylic acids is 1. The number of likely N-dealkylation sites (N-methyl/N-ethyl adjacent to an activating group) is 1. The molecule has 1 amide bonds. The molecular formula is C22H25N3OS. The molecule has 0 radical (unpaired) electrons. The van der Waals surface area contributed by atoms with Crippen LogP contribution in [-0.4, -0.2) is 47.4 Å². The van der Waals surface area contributed by atoms with Crippen LogP contribution >= 0.6 is 11.3 Å². The normalized spacial score (nSPS) is 18.1. The third-order valence-corrected chi connectivity index (χ3v) is 6.30. The third-order valence-electron chi connectivity index (χ3n) is 5.21. The Morgan fingerprint density at radius 3 is 2.70 bits per heavy atom. The van der Waals surface area contributed by atoms with Gasteiger partial charge in [0.25, 0.3) is 0 Å². The minimum atomic E-state index is 0.153. The third kappa shape index (κ3) is 4.20. The first-order valence-electron chi connectivity index (χ1n) is 9.58. The number of nitrogens with zero attached hydrogens (tertiary/aromatic N) is 3. The second-order valence-corrected chi connectivity index (χ2v) is 8.32. The number of benzene rings is 2. The van der Waals surface area contributed by atoms with Crippen LogP contribution in [0.4, 0.5) is 0 Å². The van der Waals surface area contributed by atoms with E-state index < -0.39 is 0 Å². The topological polar surface area (TPSA) is 36.4 Å². The van der Waals surface area contributed by atoms with Gasteiger partial charge in [-0.15, -0.1) is 11.3 Å². The Hall–Kier alpha value is -2.24. The first-order valence-corrected chi connectivity index (χ1v) is 10.4. The molecule has 0 saturated carbocycles. The average Bonchev–Trinajstić information content (AvgIpc) is 3.11. The minimum Gasteiger partial charge on any atom is -0.333 e. The fourth-order valence-corrected chi connectivity index (χ4v) is 4.75. The molecule has 0 unspecified atom stereocenters. The second kappa shape index (κ2) is 8.19. The van der Waals surface area contributed by atoms with Crippen LogP contribution < -0.4 is 0 Å². The van der Waals surface area contributed by atoms with Crippen LogP contribution in [0.5, 0.6) is 0 Å². The fraction of sp³-hybridized carbons (Fsp3) is 0.364. The molecule has 4 rings (SSSR count). The number of hydrogen-bond donors (Lipinski definition) is 0. The minimum absolute atomic E-state index is 0.153. The van der Waals surface area contributed by atoms with Gasteiger partial charge in [0, 0.05) is 26.1 Å². The van der Waals surface area contributed by atoms with Gasteiger partial charge in [-0.2, -0.15) is 0 Å². The van der Waals surface area contributed by atoms with Gasteiger partial charge in [0.2, 0.25) is 5.91 Å². The largest absolute Gasteiger partial charge is 0.333 e. The van der Waals surface area contributed by atoms with E-state index in [9.17, 15) is 4.79 Å². The van der Waals surface area contributed by atoms with Gasteiger partial charge >= 0.3 is 0 Å². The Bertz CT molecular complexity index is 875. The van der Waals surface area contributed by atoms with E-state index in [1.54, 1.807) is 11.3 Å². The highest BCUT2D eigenvalue weighted by atomic mass is 32.1. The van der Waals surface area contributed by atoms with Crippen molar-refractivity contribution in [1.82, 2.24) is 14.8 Å². The van der Waals surface area contributed by atoms with Gasteiger partial charge in [0.05, 0.1) is 21.3 Å². The van der Waals surface area contributed by atoms with Gasteiger partial charge in [-0.25, -0.2) is 4.98 Å². The Kier molecular flexibility index (Phi) is 5.50. The molecule has 2 heterocycles. The van der Waals surface area contributed by atoms with Gasteiger partial charge in [-0.3, -0.25) is 4.79 Å². The van der Waals surface area contributed by atoms with E-state index in [0.717, 1.165) is 43.0 Å². The molecule has 1 saturated heterocycles. The van der Waals surface area contributed by atoms with E-state index in [4.69, 9.17) is 0 Å². The number of para-hydroxylation sites is 1. The summed E-state index contributed by atoms with van der Waals surface area (Å²) in [6.07, 6.45) is 2.31.